The van der Waals surface area contributed by atoms with E-state index >= 15 is 0 Å². The molecule has 1 saturated heterocycles. The summed E-state index contributed by atoms with van der Waals surface area (Å²) in [5.74, 6) is -0.425. The molecule has 4 rings (SSSR count). The Kier molecular flexibility index (Phi) is 5.37. The van der Waals surface area contributed by atoms with Gasteiger partial charge in [0.25, 0.3) is 5.91 Å². The van der Waals surface area contributed by atoms with Gasteiger partial charge in [-0.25, -0.2) is 8.42 Å². The third-order valence-corrected chi connectivity index (χ3v) is 8.61. The molecule has 0 atom stereocenters. The van der Waals surface area contributed by atoms with Gasteiger partial charge >= 0.3 is 0 Å². The highest BCUT2D eigenvalue weighted by molar-refractivity contribution is 7.89. The van der Waals surface area contributed by atoms with Crippen molar-refractivity contribution < 1.29 is 13.2 Å². The molecule has 1 aliphatic heterocycles. The second-order valence-corrected chi connectivity index (χ2v) is 10.4. The van der Waals surface area contributed by atoms with Crippen molar-refractivity contribution in [3.8, 4) is 0 Å². The molecular formula is C20H20ClN3O3S2. The summed E-state index contributed by atoms with van der Waals surface area (Å²) >= 11 is 7.64. The predicted molar refractivity (Wildman–Crippen MR) is 115 cm³/mol. The zero-order chi connectivity index (χ0) is 20.8. The first-order chi connectivity index (χ1) is 13.8. The summed E-state index contributed by atoms with van der Waals surface area (Å²) < 4.78 is 29.5. The van der Waals surface area contributed by atoms with E-state index in [1.54, 1.807) is 0 Å². The van der Waals surface area contributed by atoms with Crippen LogP contribution in [0.5, 0.6) is 0 Å². The Morgan fingerprint density at radius 2 is 1.76 bits per heavy atom. The van der Waals surface area contributed by atoms with Gasteiger partial charge in [0.2, 0.25) is 10.0 Å². The van der Waals surface area contributed by atoms with Gasteiger partial charge in [-0.3, -0.25) is 4.79 Å². The number of benzene rings is 2. The van der Waals surface area contributed by atoms with E-state index in [9.17, 15) is 13.2 Å². The Labute approximate surface area is 178 Å². The van der Waals surface area contributed by atoms with Gasteiger partial charge in [-0.05, 0) is 55.7 Å². The van der Waals surface area contributed by atoms with E-state index in [1.807, 2.05) is 30.7 Å². The van der Waals surface area contributed by atoms with Crippen LogP contribution in [0, 0.1) is 6.92 Å². The van der Waals surface area contributed by atoms with E-state index in [0.717, 1.165) is 28.6 Å². The molecule has 9 heteroatoms. The molecular weight excluding hydrogens is 430 g/mol. The van der Waals surface area contributed by atoms with Gasteiger partial charge in [-0.15, -0.1) is 0 Å². The number of carbonyl (C=O) groups excluding carboxylic acids is 1. The van der Waals surface area contributed by atoms with Crippen molar-refractivity contribution in [2.24, 2.45) is 12.0 Å². The lowest BCUT2D eigenvalue weighted by Gasteiger charge is -2.15. The summed E-state index contributed by atoms with van der Waals surface area (Å²) in [5.41, 5.74) is 2.33. The van der Waals surface area contributed by atoms with E-state index in [1.165, 1.54) is 39.9 Å². The Balaban J connectivity index is 1.67. The summed E-state index contributed by atoms with van der Waals surface area (Å²) in [5, 5.41) is 0.622. The number of sulfonamides is 1. The monoisotopic (exact) mass is 449 g/mol. The fourth-order valence-electron chi connectivity index (χ4n) is 3.51. The first-order valence-electron chi connectivity index (χ1n) is 9.23. The Hall–Kier alpha value is -2.00. The largest absolute Gasteiger partial charge is 0.319 e. The van der Waals surface area contributed by atoms with Gasteiger partial charge in [-0.1, -0.05) is 29.0 Å². The molecule has 3 aromatic rings. The van der Waals surface area contributed by atoms with Crippen LogP contribution in [0.1, 0.15) is 28.8 Å². The third kappa shape index (κ3) is 3.66. The average Bonchev–Trinajstić information content (AvgIpc) is 3.35. The Bertz CT molecular complexity index is 1270. The smallest absolute Gasteiger partial charge is 0.279 e. The molecule has 0 spiro atoms. The average molecular weight is 450 g/mol. The molecule has 0 bridgehead atoms. The quantitative estimate of drug-likeness (QED) is 0.611. The maximum atomic E-state index is 12.7. The fourth-order valence-corrected chi connectivity index (χ4v) is 6.40. The number of halogens is 1. The molecule has 0 radical (unpaired) electrons. The number of carbonyl (C=O) groups is 1. The predicted octanol–water partition coefficient (Wildman–Crippen LogP) is 3.73. The molecule has 0 saturated carbocycles. The molecule has 6 nitrogen and oxygen atoms in total. The first-order valence-corrected chi connectivity index (χ1v) is 11.9. The van der Waals surface area contributed by atoms with E-state index in [2.05, 4.69) is 4.99 Å². The van der Waals surface area contributed by atoms with Gasteiger partial charge in [-0.2, -0.15) is 9.30 Å². The number of thiazole rings is 1. The van der Waals surface area contributed by atoms with Crippen molar-refractivity contribution in [3.63, 3.8) is 0 Å². The number of aryl methyl sites for hydroxylation is 2. The molecule has 2 heterocycles. The van der Waals surface area contributed by atoms with Crippen molar-refractivity contribution in [2.45, 2.75) is 24.7 Å². The number of fused-ring (bicyclic) bond motifs is 1. The van der Waals surface area contributed by atoms with E-state index in [0.29, 0.717) is 28.5 Å². The molecule has 2 aromatic carbocycles. The van der Waals surface area contributed by atoms with Crippen LogP contribution in [0.2, 0.25) is 5.02 Å². The topological polar surface area (TPSA) is 71.7 Å². The summed E-state index contributed by atoms with van der Waals surface area (Å²) in [4.78, 5) is 17.6. The van der Waals surface area contributed by atoms with Crippen LogP contribution >= 0.6 is 22.9 Å². The van der Waals surface area contributed by atoms with Crippen molar-refractivity contribution in [3.05, 3.63) is 57.3 Å². The molecule has 1 fully saturated rings. The molecule has 152 valence electrons. The van der Waals surface area contributed by atoms with Crippen LogP contribution < -0.4 is 4.80 Å². The molecule has 0 N–H and O–H groups in total. The minimum Gasteiger partial charge on any atom is -0.319 e. The van der Waals surface area contributed by atoms with Gasteiger partial charge < -0.3 is 4.57 Å². The highest BCUT2D eigenvalue weighted by atomic mass is 35.5. The highest BCUT2D eigenvalue weighted by Gasteiger charge is 2.27. The minimum absolute atomic E-state index is 0.200. The third-order valence-electron chi connectivity index (χ3n) is 5.10. The van der Waals surface area contributed by atoms with Crippen LogP contribution in [-0.2, 0) is 17.1 Å². The molecule has 0 aliphatic carbocycles. The zero-order valence-electron chi connectivity index (χ0n) is 16.1. The zero-order valence-corrected chi connectivity index (χ0v) is 18.4. The minimum atomic E-state index is -3.50. The van der Waals surface area contributed by atoms with Gasteiger partial charge in [0.05, 0.1) is 20.1 Å². The molecule has 1 amide bonds. The number of rotatable bonds is 3. The van der Waals surface area contributed by atoms with Crippen molar-refractivity contribution in [1.29, 1.82) is 0 Å². The molecule has 1 aromatic heterocycles. The fraction of sp³-hybridized carbons (Fsp3) is 0.300. The van der Waals surface area contributed by atoms with E-state index in [4.69, 9.17) is 11.6 Å². The highest BCUT2D eigenvalue weighted by Crippen LogP contribution is 2.28. The van der Waals surface area contributed by atoms with Crippen LogP contribution in [0.15, 0.2) is 46.3 Å². The molecule has 1 aliphatic rings. The molecule has 29 heavy (non-hydrogen) atoms. The number of hydrogen-bond donors (Lipinski definition) is 0. The van der Waals surface area contributed by atoms with Crippen molar-refractivity contribution in [1.82, 2.24) is 8.87 Å². The first kappa shape index (κ1) is 20.3. The van der Waals surface area contributed by atoms with Crippen molar-refractivity contribution >= 4 is 49.1 Å². The van der Waals surface area contributed by atoms with Crippen LogP contribution in [0.25, 0.3) is 10.2 Å². The molecule has 0 unspecified atom stereocenters. The standard InChI is InChI=1S/C20H20ClN3O3S2/c1-13-5-10-16(21)18-17(13)23(2)20(28-18)22-19(25)14-6-8-15(9-7-14)29(26,27)24-11-3-4-12-24/h5-10H,3-4,11-12H2,1-2H3. The lowest BCUT2D eigenvalue weighted by Crippen LogP contribution is -2.27. The SMILES string of the molecule is Cc1ccc(Cl)c2sc(=NC(=O)c3ccc(S(=O)(=O)N4CCCC4)cc3)n(C)c12. The number of nitrogens with zero attached hydrogens (tertiary/aromatic N) is 3. The lowest BCUT2D eigenvalue weighted by atomic mass is 10.2. The number of aromatic nitrogens is 1. The second kappa shape index (κ2) is 7.68. The van der Waals surface area contributed by atoms with Gasteiger partial charge in [0.15, 0.2) is 4.80 Å². The van der Waals surface area contributed by atoms with Crippen LogP contribution in [0.3, 0.4) is 0 Å². The van der Waals surface area contributed by atoms with E-state index in [-0.39, 0.29) is 4.90 Å². The second-order valence-electron chi connectivity index (χ2n) is 7.04. The number of amides is 1. The maximum Gasteiger partial charge on any atom is 0.279 e. The summed E-state index contributed by atoms with van der Waals surface area (Å²) in [7, 11) is -1.65. The lowest BCUT2D eigenvalue weighted by molar-refractivity contribution is 0.0998. The summed E-state index contributed by atoms with van der Waals surface area (Å²) in [6.45, 7) is 3.07. The Morgan fingerprint density at radius 1 is 1.10 bits per heavy atom. The summed E-state index contributed by atoms with van der Waals surface area (Å²) in [6, 6.07) is 9.74. The van der Waals surface area contributed by atoms with Crippen molar-refractivity contribution in [2.75, 3.05) is 13.1 Å². The van der Waals surface area contributed by atoms with Crippen LogP contribution in [0.4, 0.5) is 0 Å². The maximum absolute atomic E-state index is 12.7. The van der Waals surface area contributed by atoms with Crippen LogP contribution in [-0.4, -0.2) is 36.3 Å². The van der Waals surface area contributed by atoms with Gasteiger partial charge in [0, 0.05) is 25.7 Å². The Morgan fingerprint density at radius 3 is 2.38 bits per heavy atom. The number of hydrogen-bond acceptors (Lipinski definition) is 4. The summed E-state index contributed by atoms with van der Waals surface area (Å²) in [6.07, 6.45) is 1.76. The van der Waals surface area contributed by atoms with E-state index < -0.39 is 15.9 Å². The normalized spacial score (nSPS) is 16.0. The van der Waals surface area contributed by atoms with Gasteiger partial charge in [0.1, 0.15) is 0 Å².